The lowest BCUT2D eigenvalue weighted by molar-refractivity contribution is 0.609. The number of anilines is 1. The first kappa shape index (κ1) is 13.3. The maximum Gasteiger partial charge on any atom is 0.256 e. The molecule has 2 rings (SSSR count). The maximum absolute atomic E-state index is 5.88. The summed E-state index contributed by atoms with van der Waals surface area (Å²) in [7, 11) is 0. The number of aromatic nitrogens is 5. The fourth-order valence-corrected chi connectivity index (χ4v) is 1.59. The van der Waals surface area contributed by atoms with Gasteiger partial charge >= 0.3 is 0 Å². The lowest BCUT2D eigenvalue weighted by atomic mass is 10.1. The smallest absolute Gasteiger partial charge is 0.256 e. The standard InChI is InChI=1S/C12H13ClN6/c1-4-9(8(2)3)15-11-16-10(13)17-12(18-11)19-7-5-6-14-19/h1,5-9H,2-3H3,(H,15,16,17,18). The molecular formula is C12H13ClN6. The zero-order valence-corrected chi connectivity index (χ0v) is 11.3. The first-order valence-electron chi connectivity index (χ1n) is 5.74. The summed E-state index contributed by atoms with van der Waals surface area (Å²) < 4.78 is 1.50. The molecule has 1 unspecified atom stereocenters. The predicted octanol–water partition coefficient (Wildman–Crippen LogP) is 1.78. The van der Waals surface area contributed by atoms with Crippen LogP contribution < -0.4 is 5.32 Å². The van der Waals surface area contributed by atoms with Crippen molar-refractivity contribution in [2.45, 2.75) is 19.9 Å². The molecule has 0 bridgehead atoms. The molecule has 2 heterocycles. The second kappa shape index (κ2) is 5.67. The Labute approximate surface area is 116 Å². The van der Waals surface area contributed by atoms with Gasteiger partial charge in [-0.25, -0.2) is 4.68 Å². The molecule has 0 saturated carbocycles. The van der Waals surface area contributed by atoms with Crippen LogP contribution in [-0.4, -0.2) is 30.8 Å². The quantitative estimate of drug-likeness (QED) is 0.862. The Kier molecular flexibility index (Phi) is 3.97. The molecule has 19 heavy (non-hydrogen) atoms. The van der Waals surface area contributed by atoms with Gasteiger partial charge in [0.2, 0.25) is 11.2 Å². The van der Waals surface area contributed by atoms with Crippen LogP contribution in [0.3, 0.4) is 0 Å². The van der Waals surface area contributed by atoms with E-state index in [-0.39, 0.29) is 17.2 Å². The topological polar surface area (TPSA) is 68.5 Å². The molecule has 0 amide bonds. The third-order valence-electron chi connectivity index (χ3n) is 2.44. The molecule has 0 spiro atoms. The molecule has 0 aliphatic rings. The van der Waals surface area contributed by atoms with Crippen molar-refractivity contribution in [2.24, 2.45) is 5.92 Å². The van der Waals surface area contributed by atoms with E-state index in [2.05, 4.69) is 31.3 Å². The number of halogens is 1. The van der Waals surface area contributed by atoms with E-state index >= 15 is 0 Å². The highest BCUT2D eigenvalue weighted by Crippen LogP contribution is 2.12. The van der Waals surface area contributed by atoms with E-state index < -0.39 is 0 Å². The van der Waals surface area contributed by atoms with Crippen LogP contribution in [0.1, 0.15) is 13.8 Å². The molecule has 2 aromatic rings. The minimum atomic E-state index is -0.177. The van der Waals surface area contributed by atoms with E-state index in [4.69, 9.17) is 18.0 Å². The predicted molar refractivity (Wildman–Crippen MR) is 73.0 cm³/mol. The molecular weight excluding hydrogens is 264 g/mol. The average molecular weight is 277 g/mol. The van der Waals surface area contributed by atoms with Crippen molar-refractivity contribution in [3.63, 3.8) is 0 Å². The van der Waals surface area contributed by atoms with Gasteiger partial charge in [0, 0.05) is 12.4 Å². The molecule has 1 N–H and O–H groups in total. The molecule has 6 nitrogen and oxygen atoms in total. The SMILES string of the molecule is C#CC(Nc1nc(Cl)nc(-n2cccn2)n1)C(C)C. The van der Waals surface area contributed by atoms with Crippen molar-refractivity contribution in [2.75, 3.05) is 5.32 Å². The van der Waals surface area contributed by atoms with Crippen molar-refractivity contribution in [1.29, 1.82) is 0 Å². The van der Waals surface area contributed by atoms with Crippen LogP contribution in [0.5, 0.6) is 0 Å². The molecule has 0 fully saturated rings. The largest absolute Gasteiger partial charge is 0.340 e. The first-order chi connectivity index (χ1) is 9.10. The van der Waals surface area contributed by atoms with E-state index in [1.54, 1.807) is 18.5 Å². The van der Waals surface area contributed by atoms with Gasteiger partial charge in [-0.3, -0.25) is 0 Å². The molecule has 2 aromatic heterocycles. The maximum atomic E-state index is 5.88. The zero-order chi connectivity index (χ0) is 13.8. The lowest BCUT2D eigenvalue weighted by Gasteiger charge is -2.16. The van der Waals surface area contributed by atoms with E-state index in [0.29, 0.717) is 11.9 Å². The Balaban J connectivity index is 2.30. The van der Waals surface area contributed by atoms with Gasteiger partial charge in [-0.05, 0) is 23.6 Å². The highest BCUT2D eigenvalue weighted by Gasteiger charge is 2.13. The number of rotatable bonds is 4. The summed E-state index contributed by atoms with van der Waals surface area (Å²) in [4.78, 5) is 12.2. The van der Waals surface area contributed by atoms with Crippen LogP contribution in [0.25, 0.3) is 5.95 Å². The summed E-state index contributed by atoms with van der Waals surface area (Å²) in [5.74, 6) is 3.57. The highest BCUT2D eigenvalue weighted by molar-refractivity contribution is 6.28. The molecule has 0 saturated heterocycles. The van der Waals surface area contributed by atoms with Crippen LogP contribution in [0.15, 0.2) is 18.5 Å². The Morgan fingerprint density at radius 1 is 1.37 bits per heavy atom. The van der Waals surface area contributed by atoms with E-state index in [0.717, 1.165) is 0 Å². The summed E-state index contributed by atoms with van der Waals surface area (Å²) in [5, 5.41) is 7.17. The molecule has 7 heteroatoms. The van der Waals surface area contributed by atoms with Crippen LogP contribution in [0.4, 0.5) is 5.95 Å². The van der Waals surface area contributed by atoms with Crippen molar-refractivity contribution in [3.8, 4) is 18.3 Å². The number of terminal acetylenes is 1. The van der Waals surface area contributed by atoms with Crippen molar-refractivity contribution >= 4 is 17.5 Å². The fraction of sp³-hybridized carbons (Fsp3) is 0.333. The van der Waals surface area contributed by atoms with Crippen LogP contribution >= 0.6 is 11.6 Å². The molecule has 0 aromatic carbocycles. The third-order valence-corrected chi connectivity index (χ3v) is 2.61. The van der Waals surface area contributed by atoms with E-state index in [1.165, 1.54) is 4.68 Å². The monoisotopic (exact) mass is 276 g/mol. The molecule has 98 valence electrons. The van der Waals surface area contributed by atoms with Gasteiger partial charge in [0.15, 0.2) is 0 Å². The van der Waals surface area contributed by atoms with Gasteiger partial charge in [0.1, 0.15) is 0 Å². The summed E-state index contributed by atoms with van der Waals surface area (Å²) in [6.07, 6.45) is 8.80. The summed E-state index contributed by atoms with van der Waals surface area (Å²) in [5.41, 5.74) is 0. The van der Waals surface area contributed by atoms with Crippen LogP contribution in [0, 0.1) is 18.3 Å². The molecule has 0 aliphatic carbocycles. The van der Waals surface area contributed by atoms with Crippen LogP contribution in [0.2, 0.25) is 5.28 Å². The molecule has 0 aliphatic heterocycles. The molecule has 1 atom stereocenters. The number of hydrogen-bond acceptors (Lipinski definition) is 5. The van der Waals surface area contributed by atoms with E-state index in [1.807, 2.05) is 13.8 Å². The summed E-state index contributed by atoms with van der Waals surface area (Å²) in [6.45, 7) is 4.02. The average Bonchev–Trinajstić information content (AvgIpc) is 2.88. The number of nitrogens with one attached hydrogen (secondary N) is 1. The van der Waals surface area contributed by atoms with Crippen LogP contribution in [-0.2, 0) is 0 Å². The number of hydrogen-bond donors (Lipinski definition) is 1. The minimum absolute atomic E-state index is 0.0857. The second-order valence-electron chi connectivity index (χ2n) is 4.21. The van der Waals surface area contributed by atoms with Gasteiger partial charge < -0.3 is 5.32 Å². The Morgan fingerprint density at radius 3 is 2.74 bits per heavy atom. The molecule has 0 radical (unpaired) electrons. The van der Waals surface area contributed by atoms with Gasteiger partial charge in [0.05, 0.1) is 6.04 Å². The van der Waals surface area contributed by atoms with Crippen molar-refractivity contribution in [1.82, 2.24) is 24.7 Å². The number of nitrogens with zero attached hydrogens (tertiary/aromatic N) is 5. The summed E-state index contributed by atoms with van der Waals surface area (Å²) >= 11 is 5.88. The Hall–Kier alpha value is -2.13. The Morgan fingerprint density at radius 2 is 2.16 bits per heavy atom. The lowest BCUT2D eigenvalue weighted by Crippen LogP contribution is -2.25. The van der Waals surface area contributed by atoms with Gasteiger partial charge in [0.25, 0.3) is 5.95 Å². The van der Waals surface area contributed by atoms with Gasteiger partial charge in [-0.15, -0.1) is 6.42 Å². The summed E-state index contributed by atoms with van der Waals surface area (Å²) in [6, 6.07) is 1.59. The Bertz CT molecular complexity index is 587. The normalized spacial score (nSPS) is 12.2. The van der Waals surface area contributed by atoms with E-state index in [9.17, 15) is 0 Å². The highest BCUT2D eigenvalue weighted by atomic mass is 35.5. The first-order valence-corrected chi connectivity index (χ1v) is 6.12. The zero-order valence-electron chi connectivity index (χ0n) is 10.6. The van der Waals surface area contributed by atoms with Crippen molar-refractivity contribution < 1.29 is 0 Å². The van der Waals surface area contributed by atoms with Gasteiger partial charge in [-0.2, -0.15) is 20.1 Å². The fourth-order valence-electron chi connectivity index (χ4n) is 1.43. The van der Waals surface area contributed by atoms with Crippen molar-refractivity contribution in [3.05, 3.63) is 23.7 Å². The third kappa shape index (κ3) is 3.20. The minimum Gasteiger partial charge on any atom is -0.340 e. The second-order valence-corrected chi connectivity index (χ2v) is 4.55. The van der Waals surface area contributed by atoms with Gasteiger partial charge in [-0.1, -0.05) is 19.8 Å².